The van der Waals surface area contributed by atoms with Crippen molar-refractivity contribution in [2.24, 2.45) is 5.92 Å². The van der Waals surface area contributed by atoms with Crippen molar-refractivity contribution in [1.82, 2.24) is 9.21 Å². The van der Waals surface area contributed by atoms with E-state index in [1.54, 1.807) is 36.4 Å². The number of carbonyl (C=O) groups is 2. The van der Waals surface area contributed by atoms with E-state index in [2.05, 4.69) is 10.2 Å². The van der Waals surface area contributed by atoms with Gasteiger partial charge >= 0.3 is 0 Å². The van der Waals surface area contributed by atoms with Crippen molar-refractivity contribution in [3.05, 3.63) is 53.6 Å². The van der Waals surface area contributed by atoms with Crippen molar-refractivity contribution in [1.29, 1.82) is 0 Å². The minimum absolute atomic E-state index is 0.0902. The first-order valence-electron chi connectivity index (χ1n) is 10.4. The lowest BCUT2D eigenvalue weighted by Crippen LogP contribution is -2.46. The van der Waals surface area contributed by atoms with Gasteiger partial charge in [-0.25, -0.2) is 8.42 Å². The third kappa shape index (κ3) is 4.66. The van der Waals surface area contributed by atoms with Crippen LogP contribution in [0.3, 0.4) is 0 Å². The Balaban J connectivity index is 1.40. The van der Waals surface area contributed by atoms with Crippen LogP contribution < -0.4 is 10.2 Å². The Hall–Kier alpha value is -2.46. The number of sulfonamides is 1. The minimum atomic E-state index is -3.57. The predicted molar refractivity (Wildman–Crippen MR) is 123 cm³/mol. The smallest absolute Gasteiger partial charge is 0.243 e. The number of rotatable bonds is 5. The fraction of sp³-hybridized carbons (Fsp3) is 0.364. The van der Waals surface area contributed by atoms with E-state index in [0.717, 1.165) is 0 Å². The highest BCUT2D eigenvalue weighted by Gasteiger charge is 2.36. The fourth-order valence-corrected chi connectivity index (χ4v) is 5.58. The van der Waals surface area contributed by atoms with E-state index in [0.29, 0.717) is 42.6 Å². The van der Waals surface area contributed by atoms with Gasteiger partial charge in [0.1, 0.15) is 0 Å². The topological polar surface area (TPSA) is 90.0 Å². The molecule has 0 saturated carbocycles. The first-order chi connectivity index (χ1) is 15.3. The quantitative estimate of drug-likeness (QED) is 0.715. The van der Waals surface area contributed by atoms with Crippen LogP contribution in [-0.4, -0.2) is 69.2 Å². The van der Waals surface area contributed by atoms with E-state index < -0.39 is 15.9 Å². The summed E-state index contributed by atoms with van der Waals surface area (Å²) in [4.78, 5) is 29.0. The van der Waals surface area contributed by atoms with E-state index in [-0.39, 0.29) is 29.7 Å². The van der Waals surface area contributed by atoms with Gasteiger partial charge in [0.15, 0.2) is 0 Å². The number of para-hydroxylation sites is 1. The van der Waals surface area contributed by atoms with Gasteiger partial charge in [-0.2, -0.15) is 4.31 Å². The number of likely N-dealkylation sites (N-methyl/N-ethyl adjacent to an activating group) is 1. The van der Waals surface area contributed by atoms with Gasteiger partial charge in [-0.15, -0.1) is 0 Å². The first-order valence-corrected chi connectivity index (χ1v) is 12.2. The Morgan fingerprint density at radius 2 is 1.69 bits per heavy atom. The number of benzene rings is 2. The number of nitrogens with zero attached hydrogens (tertiary/aromatic N) is 3. The monoisotopic (exact) mass is 476 g/mol. The van der Waals surface area contributed by atoms with Gasteiger partial charge in [0.2, 0.25) is 21.8 Å². The standard InChI is InChI=1S/C22H25ClN4O4S/c1-25-10-12-26(13-11-25)32(30,31)18-8-6-17(7-9-18)24-22(29)16-14-21(28)27(15-16)20-5-3-2-4-19(20)23/h2-9,16H,10-15H2,1H3,(H,24,29). The fourth-order valence-electron chi connectivity index (χ4n) is 3.92. The van der Waals surface area contributed by atoms with Crippen LogP contribution >= 0.6 is 11.6 Å². The average Bonchev–Trinajstić information content (AvgIpc) is 3.16. The number of piperazine rings is 1. The number of anilines is 2. The summed E-state index contributed by atoms with van der Waals surface area (Å²) in [6.07, 6.45) is 0.0902. The van der Waals surface area contributed by atoms with Gasteiger partial charge < -0.3 is 15.1 Å². The molecule has 0 bridgehead atoms. The summed E-state index contributed by atoms with van der Waals surface area (Å²) < 4.78 is 27.2. The molecule has 2 amide bonds. The number of carbonyl (C=O) groups excluding carboxylic acids is 2. The third-order valence-corrected chi connectivity index (χ3v) is 8.09. The summed E-state index contributed by atoms with van der Waals surface area (Å²) in [6, 6.07) is 13.2. The van der Waals surface area contributed by atoms with E-state index in [9.17, 15) is 18.0 Å². The zero-order valence-electron chi connectivity index (χ0n) is 17.7. The maximum atomic E-state index is 12.8. The molecule has 2 aliphatic heterocycles. The molecular weight excluding hydrogens is 452 g/mol. The number of hydrogen-bond acceptors (Lipinski definition) is 5. The molecule has 0 radical (unpaired) electrons. The highest BCUT2D eigenvalue weighted by Crippen LogP contribution is 2.31. The molecule has 0 spiro atoms. The largest absolute Gasteiger partial charge is 0.326 e. The Kier molecular flexibility index (Phi) is 6.52. The number of halogens is 1. The maximum Gasteiger partial charge on any atom is 0.243 e. The molecule has 170 valence electrons. The molecule has 32 heavy (non-hydrogen) atoms. The lowest BCUT2D eigenvalue weighted by molar-refractivity contribution is -0.122. The van der Waals surface area contributed by atoms with Crippen molar-refractivity contribution >= 4 is 44.8 Å². The molecule has 2 heterocycles. The third-order valence-electron chi connectivity index (χ3n) is 5.86. The molecule has 1 unspecified atom stereocenters. The zero-order valence-corrected chi connectivity index (χ0v) is 19.3. The van der Waals surface area contributed by atoms with Crippen molar-refractivity contribution in [3.63, 3.8) is 0 Å². The number of amides is 2. The van der Waals surface area contributed by atoms with Crippen LogP contribution in [0.1, 0.15) is 6.42 Å². The van der Waals surface area contributed by atoms with Crippen LogP contribution in [0.5, 0.6) is 0 Å². The minimum Gasteiger partial charge on any atom is -0.326 e. The van der Waals surface area contributed by atoms with Gasteiger partial charge in [-0.05, 0) is 43.4 Å². The van der Waals surface area contributed by atoms with Crippen LogP contribution in [0.4, 0.5) is 11.4 Å². The maximum absolute atomic E-state index is 12.8. The van der Waals surface area contributed by atoms with Crippen LogP contribution in [0.2, 0.25) is 5.02 Å². The molecular formula is C22H25ClN4O4S. The van der Waals surface area contributed by atoms with Crippen LogP contribution in [0.25, 0.3) is 0 Å². The summed E-state index contributed by atoms with van der Waals surface area (Å²) in [6.45, 7) is 2.53. The second-order valence-electron chi connectivity index (χ2n) is 8.08. The molecule has 10 heteroatoms. The lowest BCUT2D eigenvalue weighted by Gasteiger charge is -2.31. The molecule has 4 rings (SSSR count). The van der Waals surface area contributed by atoms with Crippen molar-refractivity contribution in [2.75, 3.05) is 50.0 Å². The Morgan fingerprint density at radius 1 is 1.03 bits per heavy atom. The normalized spacial score (nSPS) is 20.5. The summed E-state index contributed by atoms with van der Waals surface area (Å²) in [7, 11) is -1.60. The molecule has 1 N–H and O–H groups in total. The molecule has 2 fully saturated rings. The second kappa shape index (κ2) is 9.19. The number of nitrogens with one attached hydrogen (secondary N) is 1. The number of hydrogen-bond donors (Lipinski definition) is 1. The van der Waals surface area contributed by atoms with Crippen LogP contribution in [0.15, 0.2) is 53.4 Å². The highest BCUT2D eigenvalue weighted by atomic mass is 35.5. The Morgan fingerprint density at radius 3 is 2.34 bits per heavy atom. The average molecular weight is 477 g/mol. The van der Waals surface area contributed by atoms with E-state index >= 15 is 0 Å². The van der Waals surface area contributed by atoms with Crippen LogP contribution in [0, 0.1) is 5.92 Å². The molecule has 2 aromatic rings. The summed E-state index contributed by atoms with van der Waals surface area (Å²) in [5, 5.41) is 3.25. The highest BCUT2D eigenvalue weighted by molar-refractivity contribution is 7.89. The van der Waals surface area contributed by atoms with Crippen molar-refractivity contribution in [2.45, 2.75) is 11.3 Å². The van der Waals surface area contributed by atoms with Crippen molar-refractivity contribution in [3.8, 4) is 0 Å². The summed E-state index contributed by atoms with van der Waals surface area (Å²) in [5.74, 6) is -0.970. The van der Waals surface area contributed by atoms with Crippen molar-refractivity contribution < 1.29 is 18.0 Å². The van der Waals surface area contributed by atoms with Gasteiger partial charge in [-0.3, -0.25) is 9.59 Å². The van der Waals surface area contributed by atoms with E-state index in [4.69, 9.17) is 11.6 Å². The van der Waals surface area contributed by atoms with E-state index in [1.807, 2.05) is 7.05 Å². The SMILES string of the molecule is CN1CCN(S(=O)(=O)c2ccc(NC(=O)C3CC(=O)N(c4ccccc4Cl)C3)cc2)CC1. The molecule has 1 atom stereocenters. The lowest BCUT2D eigenvalue weighted by atomic mass is 10.1. The molecule has 8 nitrogen and oxygen atoms in total. The molecule has 2 aromatic carbocycles. The van der Waals surface area contributed by atoms with Gasteiger partial charge in [0.05, 0.1) is 21.5 Å². The Labute approximate surface area is 192 Å². The predicted octanol–water partition coefficient (Wildman–Crippen LogP) is 2.27. The summed E-state index contributed by atoms with van der Waals surface area (Å²) in [5.41, 5.74) is 1.07. The summed E-state index contributed by atoms with van der Waals surface area (Å²) >= 11 is 6.19. The zero-order chi connectivity index (χ0) is 22.9. The second-order valence-corrected chi connectivity index (χ2v) is 10.4. The van der Waals surface area contributed by atoms with Gasteiger partial charge in [0.25, 0.3) is 0 Å². The van der Waals surface area contributed by atoms with E-state index in [1.165, 1.54) is 21.3 Å². The molecule has 0 aromatic heterocycles. The van der Waals surface area contributed by atoms with Gasteiger partial charge in [-0.1, -0.05) is 23.7 Å². The first kappa shape index (κ1) is 22.7. The van der Waals surface area contributed by atoms with Gasteiger partial charge in [0, 0.05) is 44.8 Å². The van der Waals surface area contributed by atoms with Crippen LogP contribution in [-0.2, 0) is 19.6 Å². The molecule has 0 aliphatic carbocycles. The molecule has 2 saturated heterocycles. The Bertz CT molecular complexity index is 1120. The molecule has 2 aliphatic rings.